The first-order valence-corrected chi connectivity index (χ1v) is 7.75. The van der Waals surface area contributed by atoms with Crippen LogP contribution < -0.4 is 4.72 Å². The van der Waals surface area contributed by atoms with E-state index in [0.717, 1.165) is 6.42 Å². The van der Waals surface area contributed by atoms with Crippen molar-refractivity contribution in [1.82, 2.24) is 4.72 Å². The Morgan fingerprint density at radius 2 is 1.53 bits per heavy atom. The SMILES string of the molecule is CC(C)CC[C@@H](C)[C@@H](N[S@](=O)C(C)(C)C)C(F)(F)F. The van der Waals surface area contributed by atoms with E-state index in [4.69, 9.17) is 0 Å². The third-order valence-electron chi connectivity index (χ3n) is 2.91. The molecule has 1 N–H and O–H groups in total. The fraction of sp³-hybridized carbons (Fsp3) is 1.00. The van der Waals surface area contributed by atoms with Gasteiger partial charge in [0.15, 0.2) is 0 Å². The Bertz CT molecular complexity index is 297. The summed E-state index contributed by atoms with van der Waals surface area (Å²) in [5.41, 5.74) is 0. The maximum Gasteiger partial charge on any atom is 0.405 e. The molecular formula is C13H26F3NOS. The highest BCUT2D eigenvalue weighted by Gasteiger charge is 2.44. The summed E-state index contributed by atoms with van der Waals surface area (Å²) >= 11 is 0. The molecule has 0 saturated carbocycles. The third kappa shape index (κ3) is 7.30. The Morgan fingerprint density at radius 3 is 1.84 bits per heavy atom. The molecular weight excluding hydrogens is 275 g/mol. The van der Waals surface area contributed by atoms with Gasteiger partial charge in [-0.3, -0.25) is 0 Å². The van der Waals surface area contributed by atoms with Crippen molar-refractivity contribution < 1.29 is 17.4 Å². The number of alkyl halides is 3. The predicted octanol–water partition coefficient (Wildman–Crippen LogP) is 4.04. The molecule has 0 radical (unpaired) electrons. The minimum Gasteiger partial charge on any atom is -0.242 e. The van der Waals surface area contributed by atoms with Crippen molar-refractivity contribution in [1.29, 1.82) is 0 Å². The first-order valence-electron chi connectivity index (χ1n) is 6.60. The van der Waals surface area contributed by atoms with Crippen LogP contribution in [0.2, 0.25) is 0 Å². The highest BCUT2D eigenvalue weighted by atomic mass is 32.2. The van der Waals surface area contributed by atoms with Gasteiger partial charge in [0.05, 0.1) is 15.7 Å². The average Bonchev–Trinajstić information content (AvgIpc) is 2.18. The largest absolute Gasteiger partial charge is 0.405 e. The quantitative estimate of drug-likeness (QED) is 0.788. The first-order chi connectivity index (χ1) is 8.35. The Morgan fingerprint density at radius 1 is 1.05 bits per heavy atom. The van der Waals surface area contributed by atoms with Crippen LogP contribution in [0.4, 0.5) is 13.2 Å². The van der Waals surface area contributed by atoms with E-state index in [1.54, 1.807) is 27.7 Å². The van der Waals surface area contributed by atoms with Gasteiger partial charge in [-0.25, -0.2) is 8.93 Å². The van der Waals surface area contributed by atoms with Crippen LogP contribution in [0, 0.1) is 11.8 Å². The molecule has 0 spiro atoms. The van der Waals surface area contributed by atoms with Crippen molar-refractivity contribution in [3.8, 4) is 0 Å². The van der Waals surface area contributed by atoms with Crippen molar-refractivity contribution >= 4 is 11.0 Å². The third-order valence-corrected chi connectivity index (χ3v) is 4.49. The Labute approximate surface area is 117 Å². The van der Waals surface area contributed by atoms with Gasteiger partial charge in [0.1, 0.15) is 6.04 Å². The summed E-state index contributed by atoms with van der Waals surface area (Å²) in [6.07, 6.45) is -3.18. The molecule has 19 heavy (non-hydrogen) atoms. The summed E-state index contributed by atoms with van der Waals surface area (Å²) in [4.78, 5) is 0. The second-order valence-electron chi connectivity index (χ2n) is 6.47. The summed E-state index contributed by atoms with van der Waals surface area (Å²) < 4.78 is 52.6. The molecule has 0 rings (SSSR count). The summed E-state index contributed by atoms with van der Waals surface area (Å²) in [7, 11) is -1.72. The standard InChI is InChI=1S/C13H26F3NOS/c1-9(2)7-8-10(3)11(13(14,15)16)17-19(18)12(4,5)6/h9-11,17H,7-8H2,1-6H3/t10-,11-,19-/m1/s1. The lowest BCUT2D eigenvalue weighted by Crippen LogP contribution is -2.50. The van der Waals surface area contributed by atoms with Crippen molar-refractivity contribution in [2.24, 2.45) is 11.8 Å². The number of hydrogen-bond donors (Lipinski definition) is 1. The van der Waals surface area contributed by atoms with E-state index in [1.165, 1.54) is 0 Å². The molecule has 0 aromatic heterocycles. The van der Waals surface area contributed by atoms with E-state index in [9.17, 15) is 17.4 Å². The average molecular weight is 301 g/mol. The molecule has 0 amide bonds. The number of halogens is 3. The van der Waals surface area contributed by atoms with Crippen LogP contribution in [-0.4, -0.2) is 21.2 Å². The molecule has 116 valence electrons. The molecule has 0 unspecified atom stereocenters. The summed E-state index contributed by atoms with van der Waals surface area (Å²) in [5.74, 6) is -0.224. The molecule has 6 heteroatoms. The first kappa shape index (κ1) is 18.9. The number of rotatable bonds is 6. The van der Waals surface area contributed by atoms with E-state index < -0.39 is 33.9 Å². The molecule has 0 aliphatic rings. The minimum absolute atomic E-state index is 0.365. The molecule has 0 aromatic rings. The fourth-order valence-corrected chi connectivity index (χ4v) is 2.51. The van der Waals surface area contributed by atoms with E-state index >= 15 is 0 Å². The second kappa shape index (κ2) is 7.07. The van der Waals surface area contributed by atoms with Crippen LogP contribution >= 0.6 is 0 Å². The molecule has 0 saturated heterocycles. The van der Waals surface area contributed by atoms with Crippen molar-refractivity contribution in [3.63, 3.8) is 0 Å². The zero-order chi connectivity index (χ0) is 15.4. The van der Waals surface area contributed by atoms with Crippen molar-refractivity contribution in [3.05, 3.63) is 0 Å². The zero-order valence-electron chi connectivity index (χ0n) is 12.6. The van der Waals surface area contributed by atoms with E-state index in [2.05, 4.69) is 4.72 Å². The van der Waals surface area contributed by atoms with Gasteiger partial charge in [-0.2, -0.15) is 13.2 Å². The maximum atomic E-state index is 13.0. The Hall–Kier alpha value is -0.100. The highest BCUT2D eigenvalue weighted by molar-refractivity contribution is 7.84. The zero-order valence-corrected chi connectivity index (χ0v) is 13.4. The summed E-state index contributed by atoms with van der Waals surface area (Å²) in [5, 5.41) is 0. The molecule has 0 aromatic carbocycles. The van der Waals surface area contributed by atoms with Crippen LogP contribution in [-0.2, 0) is 11.0 Å². The van der Waals surface area contributed by atoms with Gasteiger partial charge in [-0.15, -0.1) is 0 Å². The molecule has 0 fully saturated rings. The van der Waals surface area contributed by atoms with E-state index in [-0.39, 0.29) is 0 Å². The molecule has 0 aliphatic carbocycles. The predicted molar refractivity (Wildman–Crippen MR) is 74.1 cm³/mol. The molecule has 0 aliphatic heterocycles. The van der Waals surface area contributed by atoms with Crippen molar-refractivity contribution in [2.45, 2.75) is 71.3 Å². The highest BCUT2D eigenvalue weighted by Crippen LogP contribution is 2.30. The van der Waals surface area contributed by atoms with Gasteiger partial charge < -0.3 is 0 Å². The smallest absolute Gasteiger partial charge is 0.242 e. The second-order valence-corrected chi connectivity index (χ2v) is 8.46. The molecule has 3 atom stereocenters. The van der Waals surface area contributed by atoms with Crippen LogP contribution in [0.5, 0.6) is 0 Å². The van der Waals surface area contributed by atoms with Gasteiger partial charge in [-0.1, -0.05) is 27.2 Å². The lowest BCUT2D eigenvalue weighted by Gasteiger charge is -2.30. The number of hydrogen-bond acceptors (Lipinski definition) is 1. The van der Waals surface area contributed by atoms with E-state index in [0.29, 0.717) is 12.3 Å². The van der Waals surface area contributed by atoms with Gasteiger partial charge in [0, 0.05) is 0 Å². The molecule has 0 bridgehead atoms. The summed E-state index contributed by atoms with van der Waals surface area (Å²) in [6.45, 7) is 10.5. The van der Waals surface area contributed by atoms with Crippen LogP contribution in [0.15, 0.2) is 0 Å². The Kier molecular flexibility index (Phi) is 7.03. The molecule has 0 heterocycles. The lowest BCUT2D eigenvalue weighted by atomic mass is 9.93. The van der Waals surface area contributed by atoms with Crippen molar-refractivity contribution in [2.75, 3.05) is 0 Å². The fourth-order valence-electron chi connectivity index (χ4n) is 1.56. The van der Waals surface area contributed by atoms with Crippen LogP contribution in [0.1, 0.15) is 54.4 Å². The van der Waals surface area contributed by atoms with Gasteiger partial charge in [0.2, 0.25) is 0 Å². The van der Waals surface area contributed by atoms with Gasteiger partial charge in [-0.05, 0) is 39.0 Å². The molecule has 2 nitrogen and oxygen atoms in total. The monoisotopic (exact) mass is 301 g/mol. The van der Waals surface area contributed by atoms with Crippen LogP contribution in [0.3, 0.4) is 0 Å². The maximum absolute atomic E-state index is 13.0. The number of nitrogens with one attached hydrogen (secondary N) is 1. The van der Waals surface area contributed by atoms with E-state index in [1.807, 2.05) is 13.8 Å². The van der Waals surface area contributed by atoms with Crippen LogP contribution in [0.25, 0.3) is 0 Å². The Balaban J connectivity index is 4.79. The lowest BCUT2D eigenvalue weighted by molar-refractivity contribution is -0.162. The normalized spacial score (nSPS) is 18.4. The topological polar surface area (TPSA) is 29.1 Å². The summed E-state index contributed by atoms with van der Waals surface area (Å²) in [6, 6.07) is -1.72. The van der Waals surface area contributed by atoms with Gasteiger partial charge >= 0.3 is 6.18 Å². The van der Waals surface area contributed by atoms with Gasteiger partial charge in [0.25, 0.3) is 0 Å². The minimum atomic E-state index is -4.38.